The van der Waals surface area contributed by atoms with Crippen molar-refractivity contribution in [3.8, 4) is 0 Å². The van der Waals surface area contributed by atoms with Crippen molar-refractivity contribution in [1.29, 1.82) is 0 Å². The van der Waals surface area contributed by atoms with Crippen LogP contribution in [0.25, 0.3) is 0 Å². The smallest absolute Gasteiger partial charge is 0.140 e. The van der Waals surface area contributed by atoms with Crippen LogP contribution in [0.4, 0.5) is 0 Å². The summed E-state index contributed by atoms with van der Waals surface area (Å²) in [6.07, 6.45) is 0.284. The lowest BCUT2D eigenvalue weighted by Gasteiger charge is -2.18. The van der Waals surface area contributed by atoms with Gasteiger partial charge >= 0.3 is 0 Å². The van der Waals surface area contributed by atoms with Gasteiger partial charge < -0.3 is 4.52 Å². The molecule has 4 nitrogen and oxygen atoms in total. The van der Waals surface area contributed by atoms with E-state index in [0.717, 1.165) is 24.5 Å². The molecule has 1 aliphatic heterocycles. The lowest BCUT2D eigenvalue weighted by molar-refractivity contribution is 0.296. The topological polar surface area (TPSA) is 41.3 Å². The normalized spacial score (nSPS) is 24.1. The Kier molecular flexibility index (Phi) is 2.09. The van der Waals surface area contributed by atoms with E-state index in [-0.39, 0.29) is 6.17 Å². The Hall–Kier alpha value is -0.870. The van der Waals surface area contributed by atoms with Crippen LogP contribution in [-0.2, 0) is 0 Å². The average Bonchev–Trinajstić information content (AvgIpc) is 2.60. The maximum atomic E-state index is 5.14. The molecular formula is C9H15N3O. The van der Waals surface area contributed by atoms with E-state index >= 15 is 0 Å². The third-order valence-corrected chi connectivity index (χ3v) is 2.60. The number of likely N-dealkylation sites (N-methyl/N-ethyl adjacent to an activating group) is 1. The second kappa shape index (κ2) is 3.12. The van der Waals surface area contributed by atoms with E-state index in [1.165, 1.54) is 5.56 Å². The van der Waals surface area contributed by atoms with Gasteiger partial charge in [-0.15, -0.1) is 0 Å². The highest BCUT2D eigenvalue weighted by molar-refractivity contribution is 5.25. The van der Waals surface area contributed by atoms with Crippen LogP contribution in [0.5, 0.6) is 0 Å². The second-order valence-electron chi connectivity index (χ2n) is 3.58. The summed E-state index contributed by atoms with van der Waals surface area (Å²) in [5, 5.41) is 7.37. The maximum Gasteiger partial charge on any atom is 0.140 e. The standard InChI is InChI=1S/C9H15N3O/c1-6-8(7(2)13-11-6)9-10-4-5-12(9)3/h9-10H,4-5H2,1-3H3. The summed E-state index contributed by atoms with van der Waals surface area (Å²) in [5.74, 6) is 0.920. The monoisotopic (exact) mass is 181 g/mol. The minimum absolute atomic E-state index is 0.284. The molecule has 13 heavy (non-hydrogen) atoms. The largest absolute Gasteiger partial charge is 0.361 e. The first kappa shape index (κ1) is 8.72. The van der Waals surface area contributed by atoms with E-state index in [0.29, 0.717) is 0 Å². The molecule has 1 atom stereocenters. The summed E-state index contributed by atoms with van der Waals surface area (Å²) < 4.78 is 5.14. The van der Waals surface area contributed by atoms with Crippen LogP contribution in [0.3, 0.4) is 0 Å². The van der Waals surface area contributed by atoms with Crippen LogP contribution >= 0.6 is 0 Å². The van der Waals surface area contributed by atoms with Crippen molar-refractivity contribution >= 4 is 0 Å². The van der Waals surface area contributed by atoms with E-state index in [1.54, 1.807) is 0 Å². The number of nitrogens with one attached hydrogen (secondary N) is 1. The Balaban J connectivity index is 2.33. The summed E-state index contributed by atoms with van der Waals surface area (Å²) in [6.45, 7) is 6.06. The van der Waals surface area contributed by atoms with Gasteiger partial charge in [0.1, 0.15) is 5.76 Å². The van der Waals surface area contributed by atoms with Gasteiger partial charge in [-0.3, -0.25) is 10.2 Å². The molecule has 0 amide bonds. The fraction of sp³-hybridized carbons (Fsp3) is 0.667. The number of aromatic nitrogens is 1. The van der Waals surface area contributed by atoms with Crippen LogP contribution in [-0.4, -0.2) is 30.2 Å². The fourth-order valence-electron chi connectivity index (χ4n) is 1.87. The predicted octanol–water partition coefficient (Wildman–Crippen LogP) is 0.825. The van der Waals surface area contributed by atoms with Gasteiger partial charge in [0, 0.05) is 18.7 Å². The first-order chi connectivity index (χ1) is 6.20. The predicted molar refractivity (Wildman–Crippen MR) is 49.4 cm³/mol. The molecule has 4 heteroatoms. The third-order valence-electron chi connectivity index (χ3n) is 2.60. The molecule has 2 heterocycles. The van der Waals surface area contributed by atoms with Gasteiger partial charge in [0.25, 0.3) is 0 Å². The van der Waals surface area contributed by atoms with Crippen LogP contribution in [0.15, 0.2) is 4.52 Å². The van der Waals surface area contributed by atoms with Gasteiger partial charge in [0.2, 0.25) is 0 Å². The highest BCUT2D eigenvalue weighted by Crippen LogP contribution is 2.25. The molecule has 1 fully saturated rings. The van der Waals surface area contributed by atoms with Crippen molar-refractivity contribution in [2.45, 2.75) is 20.0 Å². The van der Waals surface area contributed by atoms with Crippen LogP contribution in [0, 0.1) is 13.8 Å². The third kappa shape index (κ3) is 1.36. The molecule has 1 unspecified atom stereocenters. The van der Waals surface area contributed by atoms with Gasteiger partial charge in [-0.25, -0.2) is 0 Å². The first-order valence-corrected chi connectivity index (χ1v) is 4.56. The number of hydrogen-bond acceptors (Lipinski definition) is 4. The van der Waals surface area contributed by atoms with Gasteiger partial charge in [-0.05, 0) is 20.9 Å². The molecule has 0 aromatic carbocycles. The van der Waals surface area contributed by atoms with Crippen molar-refractivity contribution in [2.24, 2.45) is 0 Å². The van der Waals surface area contributed by atoms with E-state index in [4.69, 9.17) is 4.52 Å². The SMILES string of the molecule is Cc1noc(C)c1C1NCCN1C. The molecule has 0 radical (unpaired) electrons. The molecule has 2 rings (SSSR count). The van der Waals surface area contributed by atoms with Gasteiger partial charge in [0.05, 0.1) is 11.9 Å². The van der Waals surface area contributed by atoms with Gasteiger partial charge in [-0.2, -0.15) is 0 Å². The summed E-state index contributed by atoms with van der Waals surface area (Å²) in [4.78, 5) is 2.27. The van der Waals surface area contributed by atoms with Crippen LogP contribution in [0.2, 0.25) is 0 Å². The molecule has 1 aliphatic rings. The highest BCUT2D eigenvalue weighted by atomic mass is 16.5. The van der Waals surface area contributed by atoms with E-state index in [2.05, 4.69) is 22.4 Å². The van der Waals surface area contributed by atoms with E-state index in [1.807, 2.05) is 13.8 Å². The lowest BCUT2D eigenvalue weighted by atomic mass is 10.1. The summed E-state index contributed by atoms with van der Waals surface area (Å²) in [5.41, 5.74) is 2.18. The van der Waals surface area contributed by atoms with E-state index in [9.17, 15) is 0 Å². The Morgan fingerprint density at radius 2 is 2.31 bits per heavy atom. The molecule has 0 bridgehead atoms. The first-order valence-electron chi connectivity index (χ1n) is 4.56. The Morgan fingerprint density at radius 1 is 1.54 bits per heavy atom. The average molecular weight is 181 g/mol. The highest BCUT2D eigenvalue weighted by Gasteiger charge is 2.27. The second-order valence-corrected chi connectivity index (χ2v) is 3.58. The summed E-state index contributed by atoms with van der Waals surface area (Å²) in [7, 11) is 2.11. The molecular weight excluding hydrogens is 166 g/mol. The molecule has 0 aliphatic carbocycles. The summed E-state index contributed by atoms with van der Waals surface area (Å²) in [6, 6.07) is 0. The fourth-order valence-corrected chi connectivity index (χ4v) is 1.87. The van der Waals surface area contributed by atoms with Gasteiger partial charge in [-0.1, -0.05) is 5.16 Å². The van der Waals surface area contributed by atoms with Crippen LogP contribution < -0.4 is 5.32 Å². The van der Waals surface area contributed by atoms with E-state index < -0.39 is 0 Å². The van der Waals surface area contributed by atoms with Crippen molar-refractivity contribution in [3.63, 3.8) is 0 Å². The van der Waals surface area contributed by atoms with Crippen molar-refractivity contribution in [1.82, 2.24) is 15.4 Å². The molecule has 0 saturated carbocycles. The van der Waals surface area contributed by atoms with Gasteiger partial charge in [0.15, 0.2) is 0 Å². The van der Waals surface area contributed by atoms with Crippen LogP contribution in [0.1, 0.15) is 23.2 Å². The molecule has 1 aromatic rings. The quantitative estimate of drug-likeness (QED) is 0.696. The van der Waals surface area contributed by atoms with Crippen molar-refractivity contribution in [2.75, 3.05) is 20.1 Å². The number of nitrogens with zero attached hydrogens (tertiary/aromatic N) is 2. The zero-order chi connectivity index (χ0) is 9.42. The molecule has 1 N–H and O–H groups in total. The van der Waals surface area contributed by atoms with Crippen molar-refractivity contribution in [3.05, 3.63) is 17.0 Å². The minimum Gasteiger partial charge on any atom is -0.361 e. The number of aryl methyl sites for hydroxylation is 2. The minimum atomic E-state index is 0.284. The Bertz CT molecular complexity index is 288. The Labute approximate surface area is 77.9 Å². The molecule has 0 spiro atoms. The number of rotatable bonds is 1. The number of hydrogen-bond donors (Lipinski definition) is 1. The Morgan fingerprint density at radius 3 is 2.77 bits per heavy atom. The molecule has 1 saturated heterocycles. The molecule has 72 valence electrons. The zero-order valence-corrected chi connectivity index (χ0v) is 8.29. The zero-order valence-electron chi connectivity index (χ0n) is 8.29. The maximum absolute atomic E-state index is 5.14. The van der Waals surface area contributed by atoms with Crippen molar-refractivity contribution < 1.29 is 4.52 Å². The lowest BCUT2D eigenvalue weighted by Crippen LogP contribution is -2.24. The summed E-state index contributed by atoms with van der Waals surface area (Å²) >= 11 is 0. The molecule has 1 aromatic heterocycles.